The molecular weight excluding hydrogens is 312 g/mol. The van der Waals surface area contributed by atoms with Crippen LogP contribution in [0.15, 0.2) is 22.2 Å². The monoisotopic (exact) mass is 322 g/mol. The first-order chi connectivity index (χ1) is 10.6. The second kappa shape index (κ2) is 5.48. The molecule has 0 saturated heterocycles. The second-order valence-corrected chi connectivity index (χ2v) is 5.13. The highest BCUT2D eigenvalue weighted by molar-refractivity contribution is 7.98. The number of aryl methyl sites for hydroxylation is 1. The molecule has 12 heteroatoms. The molecule has 3 aromatic rings. The Kier molecular flexibility index (Phi) is 3.50. The lowest BCUT2D eigenvalue weighted by atomic mass is 10.3. The van der Waals surface area contributed by atoms with Crippen molar-refractivity contribution in [3.05, 3.63) is 23.8 Å². The molecule has 3 rings (SSSR count). The third kappa shape index (κ3) is 2.39. The average Bonchev–Trinajstić information content (AvgIpc) is 3.16. The number of hydrogen-bond donors (Lipinski definition) is 2. The zero-order valence-electron chi connectivity index (χ0n) is 11.2. The predicted octanol–water partition coefficient (Wildman–Crippen LogP) is -0.0435. The van der Waals surface area contributed by atoms with Gasteiger partial charge in [0.25, 0.3) is 0 Å². The van der Waals surface area contributed by atoms with Crippen molar-refractivity contribution in [2.75, 3.05) is 5.73 Å². The minimum atomic E-state index is -1.20. The van der Waals surface area contributed by atoms with Gasteiger partial charge < -0.3 is 15.4 Å². The maximum absolute atomic E-state index is 11.3. The summed E-state index contributed by atoms with van der Waals surface area (Å²) < 4.78 is 7.52. The highest BCUT2D eigenvalue weighted by Gasteiger charge is 2.23. The van der Waals surface area contributed by atoms with Crippen LogP contribution in [0.4, 0.5) is 5.82 Å². The van der Waals surface area contributed by atoms with Gasteiger partial charge in [0.1, 0.15) is 0 Å². The molecule has 0 saturated carbocycles. The Hall–Kier alpha value is -2.89. The Balaban J connectivity index is 1.97. The van der Waals surface area contributed by atoms with Gasteiger partial charge in [0, 0.05) is 25.2 Å². The quantitative estimate of drug-likeness (QED) is 0.612. The molecule has 22 heavy (non-hydrogen) atoms. The number of nitrogens with zero attached hydrogens (tertiary/aromatic N) is 7. The fourth-order valence-corrected chi connectivity index (χ4v) is 2.65. The molecule has 0 unspecified atom stereocenters. The molecule has 0 aromatic carbocycles. The van der Waals surface area contributed by atoms with E-state index >= 15 is 0 Å². The molecular formula is C10H10N8O3S. The van der Waals surface area contributed by atoms with Gasteiger partial charge in [-0.15, -0.1) is 5.10 Å². The first-order valence-corrected chi connectivity index (χ1v) is 6.93. The fraction of sp³-hybridized carbons (Fsp3) is 0.200. The van der Waals surface area contributed by atoms with Crippen LogP contribution in [0, 0.1) is 0 Å². The number of anilines is 1. The van der Waals surface area contributed by atoms with E-state index in [1.807, 2.05) is 11.6 Å². The van der Waals surface area contributed by atoms with Crippen molar-refractivity contribution >= 4 is 23.5 Å². The van der Waals surface area contributed by atoms with Crippen LogP contribution in [0.1, 0.15) is 16.2 Å². The maximum atomic E-state index is 11.3. The number of carboxylic acid groups (broad SMARTS) is 1. The standard InChI is InChI=1S/C10H10N8O3S/c1-17-3-2-12-10(17)22-4-5-6(9(19)20)13-16-18(5)8-7(11)14-21-15-8/h2-3H,4H2,1H3,(H2,11,14)(H,19,20). The van der Waals surface area contributed by atoms with E-state index < -0.39 is 5.97 Å². The number of aromatic carboxylic acids is 1. The summed E-state index contributed by atoms with van der Waals surface area (Å²) in [5.41, 5.74) is 5.73. The van der Waals surface area contributed by atoms with Gasteiger partial charge in [-0.05, 0) is 10.3 Å². The van der Waals surface area contributed by atoms with E-state index in [2.05, 4.69) is 30.2 Å². The zero-order valence-corrected chi connectivity index (χ0v) is 12.1. The summed E-state index contributed by atoms with van der Waals surface area (Å²) in [5.74, 6) is -0.858. The summed E-state index contributed by atoms with van der Waals surface area (Å²) >= 11 is 1.33. The van der Waals surface area contributed by atoms with E-state index in [1.165, 1.54) is 16.4 Å². The Labute approximate surface area is 127 Å². The fourth-order valence-electron chi connectivity index (χ4n) is 1.73. The third-order valence-electron chi connectivity index (χ3n) is 2.78. The predicted molar refractivity (Wildman–Crippen MR) is 73.4 cm³/mol. The molecule has 0 aliphatic rings. The number of hydrogen-bond acceptors (Lipinski definition) is 9. The van der Waals surface area contributed by atoms with E-state index in [-0.39, 0.29) is 23.1 Å². The number of nitrogen functional groups attached to an aromatic ring is 1. The first kappa shape index (κ1) is 14.1. The van der Waals surface area contributed by atoms with Gasteiger partial charge in [0.05, 0.1) is 5.69 Å². The second-order valence-electron chi connectivity index (χ2n) is 4.18. The van der Waals surface area contributed by atoms with E-state index in [0.29, 0.717) is 5.69 Å². The lowest BCUT2D eigenvalue weighted by molar-refractivity contribution is 0.0689. The van der Waals surface area contributed by atoms with Gasteiger partial charge in [0.15, 0.2) is 10.9 Å². The molecule has 3 aromatic heterocycles. The number of nitrogens with two attached hydrogens (primary N) is 1. The van der Waals surface area contributed by atoms with Gasteiger partial charge in [-0.25, -0.2) is 14.4 Å². The van der Waals surface area contributed by atoms with Crippen molar-refractivity contribution in [3.8, 4) is 5.82 Å². The van der Waals surface area contributed by atoms with Crippen LogP contribution in [0.25, 0.3) is 5.82 Å². The van der Waals surface area contributed by atoms with Crippen molar-refractivity contribution in [1.82, 2.24) is 34.9 Å². The highest BCUT2D eigenvalue weighted by Crippen LogP contribution is 2.24. The van der Waals surface area contributed by atoms with Gasteiger partial charge in [-0.2, -0.15) is 4.68 Å². The third-order valence-corrected chi connectivity index (χ3v) is 3.85. The van der Waals surface area contributed by atoms with Gasteiger partial charge in [0.2, 0.25) is 11.6 Å². The molecule has 3 N–H and O–H groups in total. The number of carbonyl (C=O) groups is 1. The number of aromatic nitrogens is 7. The molecule has 0 fully saturated rings. The van der Waals surface area contributed by atoms with E-state index in [1.54, 1.807) is 12.4 Å². The molecule has 0 atom stereocenters. The van der Waals surface area contributed by atoms with Gasteiger partial charge in [-0.1, -0.05) is 17.0 Å². The van der Waals surface area contributed by atoms with Crippen LogP contribution in [-0.2, 0) is 12.8 Å². The van der Waals surface area contributed by atoms with E-state index in [4.69, 9.17) is 5.73 Å². The number of carboxylic acids is 1. The van der Waals surface area contributed by atoms with Crippen LogP contribution in [0.5, 0.6) is 0 Å². The first-order valence-electron chi connectivity index (χ1n) is 5.94. The summed E-state index contributed by atoms with van der Waals surface area (Å²) in [6.07, 6.45) is 3.44. The Morgan fingerprint density at radius 1 is 1.50 bits per heavy atom. The zero-order chi connectivity index (χ0) is 15.7. The molecule has 0 amide bonds. The Morgan fingerprint density at radius 2 is 2.32 bits per heavy atom. The van der Waals surface area contributed by atoms with Crippen LogP contribution >= 0.6 is 11.8 Å². The number of thioether (sulfide) groups is 1. The van der Waals surface area contributed by atoms with Crippen molar-refractivity contribution in [3.63, 3.8) is 0 Å². The van der Waals surface area contributed by atoms with Crippen LogP contribution in [0.3, 0.4) is 0 Å². The number of imidazole rings is 1. The Bertz CT molecular complexity index is 822. The van der Waals surface area contributed by atoms with Crippen LogP contribution in [-0.4, -0.2) is 45.9 Å². The molecule has 0 radical (unpaired) electrons. The largest absolute Gasteiger partial charge is 0.476 e. The molecule has 0 spiro atoms. The summed E-state index contributed by atoms with van der Waals surface area (Å²) in [5, 5.41) is 24.4. The molecule has 11 nitrogen and oxygen atoms in total. The normalized spacial score (nSPS) is 11.0. The summed E-state index contributed by atoms with van der Waals surface area (Å²) in [7, 11) is 1.84. The van der Waals surface area contributed by atoms with Crippen molar-refractivity contribution in [2.24, 2.45) is 7.05 Å². The summed E-state index contributed by atoms with van der Waals surface area (Å²) in [4.78, 5) is 15.4. The molecule has 0 bridgehead atoms. The van der Waals surface area contributed by atoms with E-state index in [9.17, 15) is 9.90 Å². The van der Waals surface area contributed by atoms with Gasteiger partial charge in [-0.3, -0.25) is 0 Å². The Morgan fingerprint density at radius 3 is 2.91 bits per heavy atom. The van der Waals surface area contributed by atoms with Crippen LogP contribution in [0.2, 0.25) is 0 Å². The van der Waals surface area contributed by atoms with Crippen LogP contribution < -0.4 is 5.73 Å². The maximum Gasteiger partial charge on any atom is 0.358 e. The topological polar surface area (TPSA) is 151 Å². The number of rotatable bonds is 5. The minimum Gasteiger partial charge on any atom is -0.476 e. The van der Waals surface area contributed by atoms with Crippen molar-refractivity contribution in [1.29, 1.82) is 0 Å². The molecule has 0 aliphatic heterocycles. The smallest absolute Gasteiger partial charge is 0.358 e. The lowest BCUT2D eigenvalue weighted by Crippen LogP contribution is -2.08. The molecule has 3 heterocycles. The average molecular weight is 322 g/mol. The van der Waals surface area contributed by atoms with E-state index in [0.717, 1.165) is 5.16 Å². The summed E-state index contributed by atoms with van der Waals surface area (Å²) in [6.45, 7) is 0. The highest BCUT2D eigenvalue weighted by atomic mass is 32.2. The lowest BCUT2D eigenvalue weighted by Gasteiger charge is -2.04. The molecule has 0 aliphatic carbocycles. The van der Waals surface area contributed by atoms with Crippen molar-refractivity contribution in [2.45, 2.75) is 10.9 Å². The molecule has 114 valence electrons. The minimum absolute atomic E-state index is 0.00918. The SMILES string of the molecule is Cn1ccnc1SCc1c(C(=O)O)nnn1-c1nonc1N. The van der Waals surface area contributed by atoms with Gasteiger partial charge >= 0.3 is 5.97 Å². The van der Waals surface area contributed by atoms with Crippen molar-refractivity contribution < 1.29 is 14.5 Å². The summed E-state index contributed by atoms with van der Waals surface area (Å²) in [6, 6.07) is 0.